The first-order valence-corrected chi connectivity index (χ1v) is 10.3. The van der Waals surface area contributed by atoms with Gasteiger partial charge in [0.25, 0.3) is 5.56 Å². The van der Waals surface area contributed by atoms with Gasteiger partial charge >= 0.3 is 0 Å². The van der Waals surface area contributed by atoms with Crippen molar-refractivity contribution in [2.75, 3.05) is 23.7 Å². The van der Waals surface area contributed by atoms with Crippen LogP contribution in [-0.4, -0.2) is 38.9 Å². The van der Waals surface area contributed by atoms with E-state index in [-0.39, 0.29) is 5.56 Å². The molecule has 0 N–H and O–H groups in total. The highest BCUT2D eigenvalue weighted by molar-refractivity contribution is 8.00. The normalized spacial score (nSPS) is 14.1. The number of hydrogen-bond donors (Lipinski definition) is 0. The van der Waals surface area contributed by atoms with Gasteiger partial charge in [0.2, 0.25) is 0 Å². The molecule has 0 radical (unpaired) electrons. The summed E-state index contributed by atoms with van der Waals surface area (Å²) in [5, 5.41) is 8.56. The van der Waals surface area contributed by atoms with Crippen molar-refractivity contribution in [2.24, 2.45) is 12.1 Å². The number of benzene rings is 2. The van der Waals surface area contributed by atoms with Crippen molar-refractivity contribution in [3.8, 4) is 5.69 Å². The van der Waals surface area contributed by atoms with E-state index in [1.807, 2.05) is 84.4 Å². The lowest BCUT2D eigenvalue weighted by Gasteiger charge is -2.33. The standard InChI is InChI=1S/C21H23N5OS/c1-16-20(21(27)26(23(16)2)18-12-8-5-9-13-18)24(3)25-15-28-14-19(22-25)17-10-6-4-7-11-17/h4-13H,14-15H2,1-3H3. The van der Waals surface area contributed by atoms with Gasteiger partial charge in [-0.15, -0.1) is 11.8 Å². The Morgan fingerprint density at radius 2 is 1.68 bits per heavy atom. The van der Waals surface area contributed by atoms with Gasteiger partial charge in [0.05, 0.1) is 17.1 Å². The van der Waals surface area contributed by atoms with E-state index in [0.717, 1.165) is 28.4 Å². The molecule has 0 aliphatic carbocycles. The van der Waals surface area contributed by atoms with E-state index in [0.29, 0.717) is 11.6 Å². The van der Waals surface area contributed by atoms with E-state index < -0.39 is 0 Å². The lowest BCUT2D eigenvalue weighted by molar-refractivity contribution is 0.325. The molecule has 0 bridgehead atoms. The van der Waals surface area contributed by atoms with E-state index in [1.165, 1.54) is 0 Å². The smallest absolute Gasteiger partial charge is 0.283 e. The topological polar surface area (TPSA) is 45.8 Å². The van der Waals surface area contributed by atoms with Gasteiger partial charge in [0.15, 0.2) is 0 Å². The van der Waals surface area contributed by atoms with Crippen molar-refractivity contribution in [1.29, 1.82) is 0 Å². The first kappa shape index (κ1) is 18.4. The zero-order valence-corrected chi connectivity index (χ0v) is 17.1. The molecule has 0 saturated carbocycles. The predicted octanol–water partition coefficient (Wildman–Crippen LogP) is 3.25. The average Bonchev–Trinajstić information content (AvgIpc) is 2.97. The van der Waals surface area contributed by atoms with Crippen LogP contribution in [-0.2, 0) is 7.05 Å². The second kappa shape index (κ2) is 7.59. The van der Waals surface area contributed by atoms with Crippen molar-refractivity contribution < 1.29 is 0 Å². The summed E-state index contributed by atoms with van der Waals surface area (Å²) in [6.45, 7) is 1.96. The quantitative estimate of drug-likeness (QED) is 0.683. The van der Waals surface area contributed by atoms with Gasteiger partial charge in [-0.05, 0) is 24.6 Å². The van der Waals surface area contributed by atoms with Crippen LogP contribution in [0.2, 0.25) is 0 Å². The second-order valence-corrected chi connectivity index (χ2v) is 7.65. The molecule has 6 nitrogen and oxygen atoms in total. The second-order valence-electron chi connectivity index (χ2n) is 6.70. The maximum Gasteiger partial charge on any atom is 0.297 e. The number of hydrazine groups is 1. The summed E-state index contributed by atoms with van der Waals surface area (Å²) >= 11 is 1.79. The largest absolute Gasteiger partial charge is 0.297 e. The van der Waals surface area contributed by atoms with Crippen LogP contribution in [0.3, 0.4) is 0 Å². The van der Waals surface area contributed by atoms with Crippen LogP contribution in [0, 0.1) is 6.92 Å². The number of para-hydroxylation sites is 1. The number of rotatable bonds is 4. The number of hydrogen-bond acceptors (Lipinski definition) is 5. The number of anilines is 1. The van der Waals surface area contributed by atoms with Gasteiger partial charge in [-0.3, -0.25) is 14.5 Å². The monoisotopic (exact) mass is 393 g/mol. The highest BCUT2D eigenvalue weighted by Gasteiger charge is 2.25. The van der Waals surface area contributed by atoms with Gasteiger partial charge in [-0.25, -0.2) is 4.68 Å². The minimum atomic E-state index is -0.0549. The highest BCUT2D eigenvalue weighted by Crippen LogP contribution is 2.23. The van der Waals surface area contributed by atoms with Crippen molar-refractivity contribution in [1.82, 2.24) is 14.5 Å². The number of thioether (sulfide) groups is 1. The molecule has 1 aromatic heterocycles. The van der Waals surface area contributed by atoms with Crippen LogP contribution < -0.4 is 10.6 Å². The fourth-order valence-corrected chi connectivity index (χ4v) is 4.29. The van der Waals surface area contributed by atoms with E-state index >= 15 is 0 Å². The Kier molecular flexibility index (Phi) is 5.00. The van der Waals surface area contributed by atoms with E-state index in [1.54, 1.807) is 16.4 Å². The molecule has 0 spiro atoms. The SMILES string of the molecule is Cc1c(N(C)N2CSCC(c3ccccc3)=N2)c(=O)n(-c2ccccc2)n1C. The summed E-state index contributed by atoms with van der Waals surface area (Å²) in [7, 11) is 3.81. The zero-order chi connectivity index (χ0) is 19.7. The molecule has 28 heavy (non-hydrogen) atoms. The molecule has 1 aliphatic rings. The van der Waals surface area contributed by atoms with Gasteiger partial charge in [0.1, 0.15) is 11.6 Å². The van der Waals surface area contributed by atoms with Crippen LogP contribution in [0.1, 0.15) is 11.3 Å². The fourth-order valence-electron chi connectivity index (χ4n) is 3.39. The average molecular weight is 394 g/mol. The summed E-state index contributed by atoms with van der Waals surface area (Å²) in [6.07, 6.45) is 0. The lowest BCUT2D eigenvalue weighted by Crippen LogP contribution is -2.41. The lowest BCUT2D eigenvalue weighted by atomic mass is 10.1. The summed E-state index contributed by atoms with van der Waals surface area (Å²) in [6, 6.07) is 19.9. The first-order chi connectivity index (χ1) is 13.6. The van der Waals surface area contributed by atoms with Crippen molar-refractivity contribution in [2.45, 2.75) is 6.92 Å². The van der Waals surface area contributed by atoms with Crippen LogP contribution in [0.4, 0.5) is 5.69 Å². The third-order valence-electron chi connectivity index (χ3n) is 4.98. The molecule has 3 aromatic rings. The molecule has 4 rings (SSSR count). The number of nitrogens with zero attached hydrogens (tertiary/aromatic N) is 5. The van der Waals surface area contributed by atoms with E-state index in [9.17, 15) is 4.79 Å². The third-order valence-corrected chi connectivity index (χ3v) is 5.87. The summed E-state index contributed by atoms with van der Waals surface area (Å²) in [5.74, 6) is 1.56. The van der Waals surface area contributed by atoms with E-state index in [2.05, 4.69) is 12.1 Å². The Morgan fingerprint density at radius 3 is 2.36 bits per heavy atom. The van der Waals surface area contributed by atoms with Gasteiger partial charge in [0, 0.05) is 19.8 Å². The van der Waals surface area contributed by atoms with Crippen molar-refractivity contribution >= 4 is 23.2 Å². The molecule has 2 heterocycles. The maximum absolute atomic E-state index is 13.3. The molecular weight excluding hydrogens is 370 g/mol. The van der Waals surface area contributed by atoms with Gasteiger partial charge < -0.3 is 0 Å². The van der Waals surface area contributed by atoms with Crippen LogP contribution in [0.15, 0.2) is 70.6 Å². The van der Waals surface area contributed by atoms with Gasteiger partial charge in [-0.1, -0.05) is 48.5 Å². The predicted molar refractivity (Wildman–Crippen MR) is 116 cm³/mol. The molecule has 0 saturated heterocycles. The molecule has 0 atom stereocenters. The fraction of sp³-hybridized carbons (Fsp3) is 0.238. The summed E-state index contributed by atoms with van der Waals surface area (Å²) in [4.78, 5) is 13.3. The van der Waals surface area contributed by atoms with Crippen molar-refractivity contribution in [3.05, 3.63) is 82.3 Å². The Morgan fingerprint density at radius 1 is 1.04 bits per heavy atom. The molecule has 7 heteroatoms. The third kappa shape index (κ3) is 3.22. The molecule has 0 unspecified atom stereocenters. The molecule has 1 aliphatic heterocycles. The Balaban J connectivity index is 1.73. The molecule has 0 fully saturated rings. The molecular formula is C21H23N5OS. The maximum atomic E-state index is 13.3. The molecule has 2 aromatic carbocycles. The highest BCUT2D eigenvalue weighted by atomic mass is 32.2. The Bertz CT molecular complexity index is 1060. The number of aromatic nitrogens is 2. The molecule has 144 valence electrons. The van der Waals surface area contributed by atoms with E-state index in [4.69, 9.17) is 5.10 Å². The van der Waals surface area contributed by atoms with Crippen LogP contribution in [0.25, 0.3) is 5.69 Å². The minimum Gasteiger partial charge on any atom is -0.283 e. The number of hydrazone groups is 1. The minimum absolute atomic E-state index is 0.0549. The molecule has 0 amide bonds. The summed E-state index contributed by atoms with van der Waals surface area (Å²) < 4.78 is 3.59. The zero-order valence-electron chi connectivity index (χ0n) is 16.2. The van der Waals surface area contributed by atoms with Crippen LogP contribution >= 0.6 is 11.8 Å². The Labute approximate surface area is 168 Å². The first-order valence-electron chi connectivity index (χ1n) is 9.14. The van der Waals surface area contributed by atoms with Crippen LogP contribution in [0.5, 0.6) is 0 Å². The Hall–Kier alpha value is -2.93. The van der Waals surface area contributed by atoms with Gasteiger partial charge in [-0.2, -0.15) is 10.2 Å². The summed E-state index contributed by atoms with van der Waals surface area (Å²) in [5.41, 5.74) is 4.44. The van der Waals surface area contributed by atoms with Crippen molar-refractivity contribution in [3.63, 3.8) is 0 Å².